The molecule has 0 aliphatic rings. The molecule has 0 bridgehead atoms. The average Bonchev–Trinajstić information content (AvgIpc) is 2.89. The molecule has 0 saturated carbocycles. The summed E-state index contributed by atoms with van der Waals surface area (Å²) >= 11 is 1.26. The van der Waals surface area contributed by atoms with Gasteiger partial charge in [-0.15, -0.1) is 11.3 Å². The molecule has 2 aromatic heterocycles. The Hall–Kier alpha value is -2.53. The van der Waals surface area contributed by atoms with Crippen LogP contribution in [0.2, 0.25) is 0 Å². The lowest BCUT2D eigenvalue weighted by Gasteiger charge is -2.10. The van der Waals surface area contributed by atoms with Crippen LogP contribution in [-0.4, -0.2) is 26.0 Å². The van der Waals surface area contributed by atoms with Gasteiger partial charge >= 0.3 is 5.97 Å². The molecule has 2 aromatic rings. The second-order valence-corrected chi connectivity index (χ2v) is 4.53. The molecule has 1 atom stereocenters. The zero-order chi connectivity index (χ0) is 13.8. The molecule has 7 nitrogen and oxygen atoms in total. The molecule has 96 valence electrons. The Morgan fingerprint density at radius 2 is 2.32 bits per heavy atom. The van der Waals surface area contributed by atoms with Crippen molar-refractivity contribution in [1.29, 1.82) is 5.26 Å². The third-order valence-corrected chi connectivity index (χ3v) is 3.27. The number of thiazole rings is 1. The summed E-state index contributed by atoms with van der Waals surface area (Å²) in [5.41, 5.74) is 0.264. The normalized spacial score (nSPS) is 11.6. The van der Waals surface area contributed by atoms with E-state index in [4.69, 9.17) is 10.4 Å². The van der Waals surface area contributed by atoms with Gasteiger partial charge in [-0.25, -0.2) is 19.7 Å². The number of aromatic carboxylic acids is 1. The highest BCUT2D eigenvalue weighted by Gasteiger charge is 2.14. The summed E-state index contributed by atoms with van der Waals surface area (Å²) in [6, 6.07) is 1.68. The molecule has 2 N–H and O–H groups in total. The van der Waals surface area contributed by atoms with Crippen LogP contribution in [0.15, 0.2) is 17.8 Å². The van der Waals surface area contributed by atoms with Gasteiger partial charge in [-0.1, -0.05) is 0 Å². The largest absolute Gasteiger partial charge is 0.476 e. The maximum Gasteiger partial charge on any atom is 0.355 e. The lowest BCUT2D eigenvalue weighted by atomic mass is 10.3. The van der Waals surface area contributed by atoms with Gasteiger partial charge in [0, 0.05) is 5.38 Å². The quantitative estimate of drug-likeness (QED) is 0.872. The van der Waals surface area contributed by atoms with Gasteiger partial charge in [0.05, 0.1) is 18.4 Å². The molecule has 2 rings (SSSR count). The lowest BCUT2D eigenvalue weighted by molar-refractivity contribution is 0.0691. The van der Waals surface area contributed by atoms with Gasteiger partial charge in [-0.05, 0) is 6.92 Å². The summed E-state index contributed by atoms with van der Waals surface area (Å²) < 4.78 is 0. The van der Waals surface area contributed by atoms with Gasteiger partial charge < -0.3 is 10.4 Å². The first-order valence-electron chi connectivity index (χ1n) is 5.27. The fourth-order valence-electron chi connectivity index (χ4n) is 1.33. The molecular formula is C11H9N5O2S. The maximum atomic E-state index is 10.7. The van der Waals surface area contributed by atoms with Crippen molar-refractivity contribution in [1.82, 2.24) is 15.0 Å². The number of carboxylic acid groups (broad SMARTS) is 1. The van der Waals surface area contributed by atoms with Crippen LogP contribution in [0.25, 0.3) is 0 Å². The van der Waals surface area contributed by atoms with Crippen molar-refractivity contribution in [3.63, 3.8) is 0 Å². The standard InChI is InChI=1S/C11H9N5O2S/c1-6(10-16-8(5-19-10)11(17)18)15-9-4-13-7(2-12)3-14-9/h3-6H,1H3,(H,14,15)(H,17,18). The van der Waals surface area contributed by atoms with Crippen LogP contribution in [0.3, 0.4) is 0 Å². The smallest absolute Gasteiger partial charge is 0.355 e. The minimum atomic E-state index is -1.05. The van der Waals surface area contributed by atoms with Crippen LogP contribution in [0, 0.1) is 11.3 Å². The summed E-state index contributed by atoms with van der Waals surface area (Å²) in [5, 5.41) is 22.6. The monoisotopic (exact) mass is 275 g/mol. The molecule has 2 heterocycles. The van der Waals surface area contributed by atoms with Crippen molar-refractivity contribution >= 4 is 23.1 Å². The zero-order valence-electron chi connectivity index (χ0n) is 9.86. The van der Waals surface area contributed by atoms with E-state index in [-0.39, 0.29) is 17.4 Å². The second kappa shape index (κ2) is 5.41. The van der Waals surface area contributed by atoms with Gasteiger partial charge in [-0.3, -0.25) is 0 Å². The molecule has 1 unspecified atom stereocenters. The number of hydrogen-bond acceptors (Lipinski definition) is 7. The van der Waals surface area contributed by atoms with Crippen LogP contribution >= 0.6 is 11.3 Å². The number of rotatable bonds is 4. The molecule has 0 aliphatic carbocycles. The van der Waals surface area contributed by atoms with Crippen molar-refractivity contribution in [3.05, 3.63) is 34.2 Å². The first-order valence-corrected chi connectivity index (χ1v) is 6.15. The van der Waals surface area contributed by atoms with Gasteiger partial charge in [-0.2, -0.15) is 5.26 Å². The Balaban J connectivity index is 2.09. The Morgan fingerprint density at radius 1 is 1.53 bits per heavy atom. The highest BCUT2D eigenvalue weighted by Crippen LogP contribution is 2.21. The van der Waals surface area contributed by atoms with E-state index < -0.39 is 5.97 Å². The summed E-state index contributed by atoms with van der Waals surface area (Å²) in [5.74, 6) is -0.550. The fraction of sp³-hybridized carbons (Fsp3) is 0.182. The second-order valence-electron chi connectivity index (χ2n) is 3.64. The van der Waals surface area contributed by atoms with Crippen molar-refractivity contribution in [2.75, 3.05) is 5.32 Å². The highest BCUT2D eigenvalue weighted by atomic mass is 32.1. The highest BCUT2D eigenvalue weighted by molar-refractivity contribution is 7.09. The lowest BCUT2D eigenvalue weighted by Crippen LogP contribution is -2.09. The third-order valence-electron chi connectivity index (χ3n) is 2.24. The fourth-order valence-corrected chi connectivity index (χ4v) is 2.13. The number of carboxylic acids is 1. The number of nitrogens with zero attached hydrogens (tertiary/aromatic N) is 4. The number of anilines is 1. The van der Waals surface area contributed by atoms with Crippen molar-refractivity contribution in [3.8, 4) is 6.07 Å². The van der Waals surface area contributed by atoms with E-state index in [1.54, 1.807) is 0 Å². The molecule has 8 heteroatoms. The van der Waals surface area contributed by atoms with Gasteiger partial charge in [0.15, 0.2) is 11.4 Å². The zero-order valence-corrected chi connectivity index (χ0v) is 10.7. The Kier molecular flexibility index (Phi) is 3.68. The molecule has 0 fully saturated rings. The van der Waals surface area contributed by atoms with E-state index in [0.717, 1.165) is 0 Å². The first kappa shape index (κ1) is 12.9. The number of nitrogens with one attached hydrogen (secondary N) is 1. The van der Waals surface area contributed by atoms with Crippen LogP contribution in [0.5, 0.6) is 0 Å². The van der Waals surface area contributed by atoms with Crippen LogP contribution in [-0.2, 0) is 0 Å². The number of hydrogen-bond donors (Lipinski definition) is 2. The van der Waals surface area contributed by atoms with Gasteiger partial charge in [0.2, 0.25) is 0 Å². The molecule has 19 heavy (non-hydrogen) atoms. The minimum absolute atomic E-state index is 0.0274. The average molecular weight is 275 g/mol. The van der Waals surface area contributed by atoms with Crippen LogP contribution in [0.1, 0.15) is 34.2 Å². The van der Waals surface area contributed by atoms with Gasteiger partial charge in [0.1, 0.15) is 16.9 Å². The number of carbonyl (C=O) groups is 1. The summed E-state index contributed by atoms with van der Waals surface area (Å²) in [7, 11) is 0. The molecule has 0 aromatic carbocycles. The molecule has 0 radical (unpaired) electrons. The van der Waals surface area contributed by atoms with Crippen LogP contribution < -0.4 is 5.32 Å². The molecular weight excluding hydrogens is 266 g/mol. The number of nitriles is 1. The van der Waals surface area contributed by atoms with Crippen LogP contribution in [0.4, 0.5) is 5.82 Å². The predicted molar refractivity (Wildman–Crippen MR) is 67.9 cm³/mol. The van der Waals surface area contributed by atoms with Gasteiger partial charge in [0.25, 0.3) is 0 Å². The molecule has 0 aliphatic heterocycles. The minimum Gasteiger partial charge on any atom is -0.476 e. The van der Waals surface area contributed by atoms with E-state index in [2.05, 4.69) is 20.3 Å². The van der Waals surface area contributed by atoms with E-state index in [0.29, 0.717) is 10.8 Å². The molecule has 0 saturated heterocycles. The SMILES string of the molecule is CC(Nc1cnc(C#N)cn1)c1nc(C(=O)O)cs1. The third kappa shape index (κ3) is 3.02. The maximum absolute atomic E-state index is 10.7. The van der Waals surface area contributed by atoms with Crippen molar-refractivity contribution in [2.45, 2.75) is 13.0 Å². The topological polar surface area (TPSA) is 112 Å². The Labute approximate surface area is 112 Å². The predicted octanol–water partition coefficient (Wildman–Crippen LogP) is 1.68. The summed E-state index contributed by atoms with van der Waals surface area (Å²) in [6.07, 6.45) is 2.81. The molecule has 0 amide bonds. The Morgan fingerprint density at radius 3 is 2.84 bits per heavy atom. The van der Waals surface area contributed by atoms with E-state index in [9.17, 15) is 4.79 Å². The number of aromatic nitrogens is 3. The first-order chi connectivity index (χ1) is 9.10. The Bertz CT molecular complexity index is 631. The van der Waals surface area contributed by atoms with E-state index in [1.165, 1.54) is 29.1 Å². The van der Waals surface area contributed by atoms with E-state index >= 15 is 0 Å². The van der Waals surface area contributed by atoms with E-state index in [1.807, 2.05) is 13.0 Å². The van der Waals surface area contributed by atoms with Crippen molar-refractivity contribution in [2.24, 2.45) is 0 Å². The summed E-state index contributed by atoms with van der Waals surface area (Å²) in [4.78, 5) is 22.6. The summed E-state index contributed by atoms with van der Waals surface area (Å²) in [6.45, 7) is 1.84. The molecule has 0 spiro atoms. The van der Waals surface area contributed by atoms with Crippen molar-refractivity contribution < 1.29 is 9.90 Å².